The molecule has 0 atom stereocenters. The van der Waals surface area contributed by atoms with Gasteiger partial charge in [-0.3, -0.25) is 0 Å². The zero-order valence-electron chi connectivity index (χ0n) is 6.58. The molecule has 0 bridgehead atoms. The van der Waals surface area contributed by atoms with E-state index in [0.717, 1.165) is 0 Å². The molecule has 0 heterocycles. The molecule has 2 nitrogen and oxygen atoms in total. The zero-order chi connectivity index (χ0) is 8.27. The van der Waals surface area contributed by atoms with E-state index < -0.39 is 5.97 Å². The Balaban J connectivity index is 2.49. The van der Waals surface area contributed by atoms with Crippen LogP contribution in [0.4, 0.5) is 0 Å². The number of rotatable bonds is 3. The van der Waals surface area contributed by atoms with Crippen LogP contribution in [0.5, 0.6) is 0 Å². The molecule has 11 heavy (non-hydrogen) atoms. The summed E-state index contributed by atoms with van der Waals surface area (Å²) in [5, 5.41) is 8.59. The average molecular weight is 152 g/mol. The SMILES string of the molecule is C/C=C(\C=C/C1CC1)C(=O)O. The maximum absolute atomic E-state index is 10.4. The van der Waals surface area contributed by atoms with E-state index in [1.54, 1.807) is 19.1 Å². The highest BCUT2D eigenvalue weighted by molar-refractivity contribution is 5.89. The molecule has 0 radical (unpaired) electrons. The van der Waals surface area contributed by atoms with Crippen molar-refractivity contribution >= 4 is 5.97 Å². The standard InChI is InChI=1S/C9H12O2/c1-2-8(9(10)11)6-5-7-3-4-7/h2,5-7H,3-4H2,1H3,(H,10,11)/b6-5-,8-2+. The van der Waals surface area contributed by atoms with E-state index in [2.05, 4.69) is 0 Å². The zero-order valence-corrected chi connectivity index (χ0v) is 6.58. The van der Waals surface area contributed by atoms with Crippen molar-refractivity contribution in [1.82, 2.24) is 0 Å². The smallest absolute Gasteiger partial charge is 0.335 e. The van der Waals surface area contributed by atoms with Crippen molar-refractivity contribution < 1.29 is 9.90 Å². The molecule has 0 saturated heterocycles. The summed E-state index contributed by atoms with van der Waals surface area (Å²) in [7, 11) is 0. The largest absolute Gasteiger partial charge is 0.478 e. The predicted molar refractivity (Wildman–Crippen MR) is 43.3 cm³/mol. The summed E-state index contributed by atoms with van der Waals surface area (Å²) >= 11 is 0. The minimum Gasteiger partial charge on any atom is -0.478 e. The van der Waals surface area contributed by atoms with E-state index in [-0.39, 0.29) is 0 Å². The van der Waals surface area contributed by atoms with Crippen molar-refractivity contribution in [2.75, 3.05) is 0 Å². The van der Waals surface area contributed by atoms with Crippen LogP contribution in [-0.4, -0.2) is 11.1 Å². The van der Waals surface area contributed by atoms with E-state index in [1.165, 1.54) is 12.8 Å². The number of aliphatic carboxylic acids is 1. The van der Waals surface area contributed by atoms with Gasteiger partial charge >= 0.3 is 5.97 Å². The Morgan fingerprint density at radius 3 is 2.55 bits per heavy atom. The van der Waals surface area contributed by atoms with Crippen LogP contribution < -0.4 is 0 Å². The molecule has 1 aliphatic carbocycles. The van der Waals surface area contributed by atoms with E-state index in [0.29, 0.717) is 11.5 Å². The number of carbonyl (C=O) groups is 1. The molecule has 1 rings (SSSR count). The number of hydrogen-bond acceptors (Lipinski definition) is 1. The van der Waals surface area contributed by atoms with Gasteiger partial charge in [0.25, 0.3) is 0 Å². The number of allylic oxidation sites excluding steroid dienone is 2. The van der Waals surface area contributed by atoms with Gasteiger partial charge in [0, 0.05) is 0 Å². The maximum Gasteiger partial charge on any atom is 0.335 e. The number of carboxylic acid groups (broad SMARTS) is 1. The summed E-state index contributed by atoms with van der Waals surface area (Å²) in [5.41, 5.74) is 0.386. The minimum atomic E-state index is -0.843. The summed E-state index contributed by atoms with van der Waals surface area (Å²) < 4.78 is 0. The van der Waals surface area contributed by atoms with Crippen LogP contribution in [0, 0.1) is 5.92 Å². The molecule has 1 N–H and O–H groups in total. The van der Waals surface area contributed by atoms with Gasteiger partial charge in [0.1, 0.15) is 0 Å². The maximum atomic E-state index is 10.4. The van der Waals surface area contributed by atoms with Crippen molar-refractivity contribution in [2.45, 2.75) is 19.8 Å². The minimum absolute atomic E-state index is 0.386. The Morgan fingerprint density at radius 2 is 2.18 bits per heavy atom. The van der Waals surface area contributed by atoms with Crippen molar-refractivity contribution in [1.29, 1.82) is 0 Å². The van der Waals surface area contributed by atoms with Gasteiger partial charge in [0.15, 0.2) is 0 Å². The molecular formula is C9H12O2. The topological polar surface area (TPSA) is 37.3 Å². The molecule has 0 aromatic rings. The van der Waals surface area contributed by atoms with Gasteiger partial charge in [-0.1, -0.05) is 18.2 Å². The monoisotopic (exact) mass is 152 g/mol. The number of carboxylic acids is 1. The second-order valence-electron chi connectivity index (χ2n) is 2.75. The lowest BCUT2D eigenvalue weighted by atomic mass is 10.2. The highest BCUT2D eigenvalue weighted by atomic mass is 16.4. The first-order valence-electron chi connectivity index (χ1n) is 3.82. The fourth-order valence-electron chi connectivity index (χ4n) is 0.819. The van der Waals surface area contributed by atoms with Crippen LogP contribution in [0.3, 0.4) is 0 Å². The third-order valence-corrected chi connectivity index (χ3v) is 1.73. The van der Waals surface area contributed by atoms with E-state index in [9.17, 15) is 4.79 Å². The van der Waals surface area contributed by atoms with Gasteiger partial charge in [-0.15, -0.1) is 0 Å². The first kappa shape index (κ1) is 8.05. The molecule has 0 aliphatic heterocycles. The van der Waals surface area contributed by atoms with Gasteiger partial charge in [0.05, 0.1) is 5.57 Å². The van der Waals surface area contributed by atoms with Crippen molar-refractivity contribution in [3.8, 4) is 0 Å². The Labute approximate surface area is 66.2 Å². The highest BCUT2D eigenvalue weighted by Crippen LogP contribution is 2.30. The molecule has 2 heteroatoms. The Morgan fingerprint density at radius 1 is 1.55 bits per heavy atom. The quantitative estimate of drug-likeness (QED) is 0.496. The third kappa shape index (κ3) is 2.58. The van der Waals surface area contributed by atoms with Crippen molar-refractivity contribution in [3.05, 3.63) is 23.8 Å². The molecule has 0 aromatic carbocycles. The van der Waals surface area contributed by atoms with Gasteiger partial charge in [-0.2, -0.15) is 0 Å². The molecule has 0 amide bonds. The molecule has 0 unspecified atom stereocenters. The average Bonchev–Trinajstić information content (AvgIpc) is 2.72. The molecule has 0 aromatic heterocycles. The Bertz CT molecular complexity index is 210. The Kier molecular flexibility index (Phi) is 2.47. The summed E-state index contributed by atoms with van der Waals surface area (Å²) in [4.78, 5) is 10.4. The normalized spacial score (nSPS) is 19.2. The van der Waals surface area contributed by atoms with Crippen molar-refractivity contribution in [2.24, 2.45) is 5.92 Å². The second kappa shape index (κ2) is 3.37. The Hall–Kier alpha value is -1.05. The lowest BCUT2D eigenvalue weighted by molar-refractivity contribution is -0.132. The van der Waals surface area contributed by atoms with Gasteiger partial charge < -0.3 is 5.11 Å². The van der Waals surface area contributed by atoms with Crippen LogP contribution in [0.1, 0.15) is 19.8 Å². The van der Waals surface area contributed by atoms with E-state index in [1.807, 2.05) is 6.08 Å². The first-order valence-corrected chi connectivity index (χ1v) is 3.82. The van der Waals surface area contributed by atoms with Crippen LogP contribution in [0.25, 0.3) is 0 Å². The van der Waals surface area contributed by atoms with Crippen LogP contribution in [0.15, 0.2) is 23.8 Å². The highest BCUT2D eigenvalue weighted by Gasteiger charge is 2.17. The van der Waals surface area contributed by atoms with Gasteiger partial charge in [0.2, 0.25) is 0 Å². The fourth-order valence-corrected chi connectivity index (χ4v) is 0.819. The third-order valence-electron chi connectivity index (χ3n) is 1.73. The summed E-state index contributed by atoms with van der Waals surface area (Å²) in [6, 6.07) is 0. The van der Waals surface area contributed by atoms with Gasteiger partial charge in [-0.05, 0) is 25.7 Å². The lowest BCUT2D eigenvalue weighted by Crippen LogP contribution is -1.96. The van der Waals surface area contributed by atoms with Gasteiger partial charge in [-0.25, -0.2) is 4.79 Å². The molecule has 60 valence electrons. The number of hydrogen-bond donors (Lipinski definition) is 1. The summed E-state index contributed by atoms with van der Waals surface area (Å²) in [5.74, 6) is -0.200. The first-order chi connectivity index (χ1) is 5.24. The molecular weight excluding hydrogens is 140 g/mol. The summed E-state index contributed by atoms with van der Waals surface area (Å²) in [6.45, 7) is 1.74. The molecule has 1 aliphatic rings. The van der Waals surface area contributed by atoms with E-state index >= 15 is 0 Å². The van der Waals surface area contributed by atoms with Crippen molar-refractivity contribution in [3.63, 3.8) is 0 Å². The molecule has 1 saturated carbocycles. The predicted octanol–water partition coefficient (Wildman–Crippen LogP) is 1.98. The second-order valence-corrected chi connectivity index (χ2v) is 2.75. The van der Waals surface area contributed by atoms with Crippen LogP contribution in [-0.2, 0) is 4.79 Å². The summed E-state index contributed by atoms with van der Waals surface area (Å²) in [6.07, 6.45) is 7.71. The molecule has 0 spiro atoms. The van der Waals surface area contributed by atoms with Crippen LogP contribution in [0.2, 0.25) is 0 Å². The van der Waals surface area contributed by atoms with Crippen LogP contribution >= 0.6 is 0 Å². The molecule has 1 fully saturated rings. The van der Waals surface area contributed by atoms with E-state index in [4.69, 9.17) is 5.11 Å². The fraction of sp³-hybridized carbons (Fsp3) is 0.444. The lowest BCUT2D eigenvalue weighted by Gasteiger charge is -1.90.